The first-order valence-corrected chi connectivity index (χ1v) is 10.9. The number of thiol groups is 1. The second-order valence-corrected chi connectivity index (χ2v) is 9.99. The molecule has 1 heterocycles. The second kappa shape index (κ2) is 9.15. The van der Waals surface area contributed by atoms with Crippen molar-refractivity contribution in [3.05, 3.63) is 30.1 Å². The van der Waals surface area contributed by atoms with E-state index in [0.717, 1.165) is 50.7 Å². The van der Waals surface area contributed by atoms with Crippen molar-refractivity contribution in [3.63, 3.8) is 0 Å². The fourth-order valence-electron chi connectivity index (χ4n) is 4.86. The minimum absolute atomic E-state index is 0.129. The summed E-state index contributed by atoms with van der Waals surface area (Å²) in [7, 11) is 0. The number of anilines is 1. The zero-order chi connectivity index (χ0) is 19.4. The molecular formula is C22H35FN2OS. The van der Waals surface area contributed by atoms with Crippen molar-refractivity contribution in [2.75, 3.05) is 44.2 Å². The Balaban J connectivity index is 1.39. The van der Waals surface area contributed by atoms with Crippen molar-refractivity contribution in [2.45, 2.75) is 51.4 Å². The summed E-state index contributed by atoms with van der Waals surface area (Å²) < 4.78 is 20.2. The lowest BCUT2D eigenvalue weighted by Gasteiger charge is -2.39. The zero-order valence-electron chi connectivity index (χ0n) is 17.0. The molecule has 152 valence electrons. The first kappa shape index (κ1) is 20.9. The highest BCUT2D eigenvalue weighted by molar-refractivity contribution is 7.81. The maximum atomic E-state index is 14.0. The van der Waals surface area contributed by atoms with Crippen molar-refractivity contribution in [1.29, 1.82) is 0 Å². The summed E-state index contributed by atoms with van der Waals surface area (Å²) >= 11 is 4.77. The number of para-hydroxylation sites is 1. The van der Waals surface area contributed by atoms with Crippen molar-refractivity contribution in [1.82, 2.24) is 4.90 Å². The fourth-order valence-corrected chi connectivity index (χ4v) is 5.18. The van der Waals surface area contributed by atoms with Crippen LogP contribution in [0.5, 0.6) is 0 Å². The molecule has 1 aliphatic carbocycles. The summed E-state index contributed by atoms with van der Waals surface area (Å²) in [5.74, 6) is 0.611. The summed E-state index contributed by atoms with van der Waals surface area (Å²) in [4.78, 5) is 4.56. The predicted molar refractivity (Wildman–Crippen MR) is 114 cm³/mol. The van der Waals surface area contributed by atoms with Crippen molar-refractivity contribution < 1.29 is 9.13 Å². The molecule has 3 nitrogen and oxygen atoms in total. The zero-order valence-corrected chi connectivity index (χ0v) is 17.9. The van der Waals surface area contributed by atoms with Gasteiger partial charge in [-0.1, -0.05) is 32.9 Å². The number of ether oxygens (including phenoxy) is 1. The molecule has 0 aromatic heterocycles. The van der Waals surface area contributed by atoms with Gasteiger partial charge in [0.2, 0.25) is 0 Å². The van der Waals surface area contributed by atoms with Crippen LogP contribution in [0.1, 0.15) is 40.0 Å². The molecular weight excluding hydrogens is 359 g/mol. The number of piperazine rings is 1. The number of halogens is 1. The van der Waals surface area contributed by atoms with Gasteiger partial charge < -0.3 is 9.64 Å². The van der Waals surface area contributed by atoms with Gasteiger partial charge >= 0.3 is 0 Å². The molecule has 1 aromatic rings. The van der Waals surface area contributed by atoms with Gasteiger partial charge in [0.15, 0.2) is 0 Å². The van der Waals surface area contributed by atoms with Crippen LogP contribution in [0.2, 0.25) is 0 Å². The van der Waals surface area contributed by atoms with Crippen molar-refractivity contribution >= 4 is 18.3 Å². The molecule has 1 saturated carbocycles. The highest BCUT2D eigenvalue weighted by Gasteiger charge is 2.32. The molecule has 3 atom stereocenters. The number of nitrogens with zero attached hydrogens (tertiary/aromatic N) is 2. The van der Waals surface area contributed by atoms with Gasteiger partial charge in [-0.15, -0.1) is 0 Å². The summed E-state index contributed by atoms with van der Waals surface area (Å²) in [5.41, 5.74) is 1.11. The predicted octanol–water partition coefficient (Wildman–Crippen LogP) is 4.48. The van der Waals surface area contributed by atoms with E-state index in [-0.39, 0.29) is 11.1 Å². The smallest absolute Gasteiger partial charge is 0.146 e. The Morgan fingerprint density at radius 3 is 2.56 bits per heavy atom. The third-order valence-corrected chi connectivity index (χ3v) is 6.22. The minimum atomic E-state index is -0.129. The molecule has 3 rings (SSSR count). The number of hydrogen-bond donors (Lipinski definition) is 1. The van der Waals surface area contributed by atoms with Gasteiger partial charge in [-0.05, 0) is 42.7 Å². The van der Waals surface area contributed by atoms with Gasteiger partial charge in [-0.25, -0.2) is 4.39 Å². The Hall–Kier alpha value is -0.780. The highest BCUT2D eigenvalue weighted by Crippen LogP contribution is 2.39. The summed E-state index contributed by atoms with van der Waals surface area (Å²) in [5, 5.41) is 0.227. The molecule has 5 heteroatoms. The minimum Gasteiger partial charge on any atom is -0.377 e. The van der Waals surface area contributed by atoms with Gasteiger partial charge in [0.25, 0.3) is 0 Å². The Bertz CT molecular complexity index is 604. The standard InChI is InChI=1S/C22H35FN2OS/c1-17-12-18(14-22(2,3)13-17)26-16-19(27)15-24-8-10-25(11-9-24)21-7-5-4-6-20(21)23/h4-7,17-19,27H,8-16H2,1-3H3/t17-,18-,19-/m1/s1. The molecule has 0 N–H and O–H groups in total. The third kappa shape index (κ3) is 6.10. The van der Waals surface area contributed by atoms with Crippen molar-refractivity contribution in [3.8, 4) is 0 Å². The number of hydrogen-bond acceptors (Lipinski definition) is 4. The van der Waals surface area contributed by atoms with Crippen LogP contribution in [-0.2, 0) is 4.74 Å². The quantitative estimate of drug-likeness (QED) is 0.717. The van der Waals surface area contributed by atoms with Gasteiger partial charge in [0.05, 0.1) is 18.4 Å². The van der Waals surface area contributed by atoms with E-state index in [1.165, 1.54) is 18.9 Å². The Morgan fingerprint density at radius 1 is 1.19 bits per heavy atom. The summed E-state index contributed by atoms with van der Waals surface area (Å²) in [6, 6.07) is 7.05. The number of rotatable bonds is 6. The lowest BCUT2D eigenvalue weighted by atomic mass is 9.71. The molecule has 1 aromatic carbocycles. The van der Waals surface area contributed by atoms with Crippen LogP contribution < -0.4 is 4.90 Å². The molecule has 0 bridgehead atoms. The van der Waals surface area contributed by atoms with Crippen LogP contribution in [0.25, 0.3) is 0 Å². The molecule has 0 spiro atoms. The van der Waals surface area contributed by atoms with Gasteiger partial charge in [-0.2, -0.15) is 12.6 Å². The Kier molecular flexibility index (Phi) is 7.09. The van der Waals surface area contributed by atoms with E-state index in [2.05, 4.69) is 30.6 Å². The van der Waals surface area contributed by atoms with Crippen LogP contribution in [0.15, 0.2) is 24.3 Å². The lowest BCUT2D eigenvalue weighted by molar-refractivity contribution is -0.0237. The van der Waals surface area contributed by atoms with E-state index in [1.54, 1.807) is 6.07 Å². The van der Waals surface area contributed by atoms with E-state index in [4.69, 9.17) is 17.4 Å². The van der Waals surface area contributed by atoms with E-state index >= 15 is 0 Å². The van der Waals surface area contributed by atoms with Crippen LogP contribution in [-0.4, -0.2) is 55.6 Å². The molecule has 1 aliphatic heterocycles. The normalized spacial score (nSPS) is 27.5. The van der Waals surface area contributed by atoms with Crippen LogP contribution in [0, 0.1) is 17.2 Å². The van der Waals surface area contributed by atoms with Crippen LogP contribution in [0.4, 0.5) is 10.1 Å². The molecule has 0 radical (unpaired) electrons. The Labute approximate surface area is 169 Å². The van der Waals surface area contributed by atoms with E-state index in [1.807, 2.05) is 12.1 Å². The van der Waals surface area contributed by atoms with E-state index in [9.17, 15) is 4.39 Å². The largest absolute Gasteiger partial charge is 0.377 e. The first-order chi connectivity index (χ1) is 12.8. The van der Waals surface area contributed by atoms with E-state index in [0.29, 0.717) is 18.1 Å². The SMILES string of the molecule is C[C@@H]1C[C@@H](OC[C@H](S)CN2CCN(c3ccccc3F)CC2)CC(C)(C)C1. The molecule has 2 aliphatic rings. The van der Waals surface area contributed by atoms with Crippen LogP contribution >= 0.6 is 12.6 Å². The molecule has 27 heavy (non-hydrogen) atoms. The first-order valence-electron chi connectivity index (χ1n) is 10.3. The summed E-state index contributed by atoms with van der Waals surface area (Å²) in [6.07, 6.45) is 3.99. The molecule has 2 fully saturated rings. The monoisotopic (exact) mass is 394 g/mol. The Morgan fingerprint density at radius 2 is 1.89 bits per heavy atom. The molecule has 0 amide bonds. The summed E-state index contributed by atoms with van der Waals surface area (Å²) in [6.45, 7) is 12.3. The fraction of sp³-hybridized carbons (Fsp3) is 0.727. The average molecular weight is 395 g/mol. The number of benzene rings is 1. The molecule has 1 saturated heterocycles. The van der Waals surface area contributed by atoms with Gasteiger partial charge in [0.1, 0.15) is 5.82 Å². The topological polar surface area (TPSA) is 15.7 Å². The van der Waals surface area contributed by atoms with E-state index < -0.39 is 0 Å². The second-order valence-electron chi connectivity index (χ2n) is 9.26. The highest BCUT2D eigenvalue weighted by atomic mass is 32.1. The average Bonchev–Trinajstić information content (AvgIpc) is 2.60. The molecule has 0 unspecified atom stereocenters. The van der Waals surface area contributed by atoms with Gasteiger partial charge in [0, 0.05) is 38.0 Å². The lowest BCUT2D eigenvalue weighted by Crippen LogP contribution is -2.48. The third-order valence-electron chi connectivity index (χ3n) is 5.91. The maximum Gasteiger partial charge on any atom is 0.146 e. The maximum absolute atomic E-state index is 14.0. The van der Waals surface area contributed by atoms with Gasteiger partial charge in [-0.3, -0.25) is 4.90 Å². The van der Waals surface area contributed by atoms with Crippen molar-refractivity contribution in [2.24, 2.45) is 11.3 Å². The van der Waals surface area contributed by atoms with Crippen LogP contribution in [0.3, 0.4) is 0 Å².